The second kappa shape index (κ2) is 9.92. The predicted octanol–water partition coefficient (Wildman–Crippen LogP) is 1.04. The number of carboxylic acid groups (broad SMARTS) is 1. The van der Waals surface area contributed by atoms with Crippen LogP contribution in [0.5, 0.6) is 0 Å². The van der Waals surface area contributed by atoms with E-state index < -0.39 is 30.5 Å². The quantitative estimate of drug-likeness (QED) is 0.323. The van der Waals surface area contributed by atoms with Gasteiger partial charge in [-0.05, 0) is 18.9 Å². The van der Waals surface area contributed by atoms with Crippen LogP contribution in [-0.4, -0.2) is 71.1 Å². The van der Waals surface area contributed by atoms with Crippen LogP contribution >= 0.6 is 0 Å². The highest BCUT2D eigenvalue weighted by Gasteiger charge is 2.44. The van der Waals surface area contributed by atoms with Gasteiger partial charge in [-0.25, -0.2) is 14.8 Å². The third-order valence-corrected chi connectivity index (χ3v) is 4.89. The molecule has 0 aromatic carbocycles. The minimum atomic E-state index is -1.33. The maximum atomic E-state index is 10.8. The van der Waals surface area contributed by atoms with Crippen LogP contribution in [0.25, 0.3) is 11.2 Å². The molecule has 3 rings (SSSR count). The molecule has 2 aromatic rings. The lowest BCUT2D eigenvalue weighted by Crippen LogP contribution is -2.31. The van der Waals surface area contributed by atoms with Crippen molar-refractivity contribution in [3.63, 3.8) is 0 Å². The largest absolute Gasteiger partial charge is 0.478 e. The Morgan fingerprint density at radius 3 is 2.67 bits per heavy atom. The molecule has 0 saturated carbocycles. The van der Waals surface area contributed by atoms with Gasteiger partial charge >= 0.3 is 5.97 Å². The first-order chi connectivity index (χ1) is 14.5. The molecule has 11 heteroatoms. The average molecular weight is 420 g/mol. The van der Waals surface area contributed by atoms with E-state index in [-0.39, 0.29) is 0 Å². The maximum Gasteiger partial charge on any atom is 0.328 e. The van der Waals surface area contributed by atoms with E-state index in [0.29, 0.717) is 29.2 Å². The normalized spacial score (nSPS) is 24.1. The number of hydrogen-bond donors (Lipinski definition) is 4. The molecule has 4 atom stereocenters. The van der Waals surface area contributed by atoms with Crippen molar-refractivity contribution >= 4 is 23.0 Å². The molecular formula is C19H28N6O5. The molecule has 0 radical (unpaired) electrons. The van der Waals surface area contributed by atoms with E-state index in [1.807, 2.05) is 0 Å². The first-order valence-electron chi connectivity index (χ1n) is 10.2. The Labute approximate surface area is 173 Å². The maximum absolute atomic E-state index is 10.8. The minimum Gasteiger partial charge on any atom is -0.478 e. The van der Waals surface area contributed by atoms with Crippen LogP contribution in [0.1, 0.15) is 51.6 Å². The number of aliphatic carboxylic acids is 1. The molecule has 0 aliphatic carbocycles. The summed E-state index contributed by atoms with van der Waals surface area (Å²) in [6.45, 7) is 4.91. The molecule has 1 aliphatic rings. The summed E-state index contributed by atoms with van der Waals surface area (Å²) in [7, 11) is 0. The van der Waals surface area contributed by atoms with Gasteiger partial charge in [-0.15, -0.1) is 5.10 Å². The molecule has 0 bridgehead atoms. The summed E-state index contributed by atoms with van der Waals surface area (Å²) in [4.78, 5) is 19.9. The van der Waals surface area contributed by atoms with Crippen LogP contribution in [0.2, 0.25) is 0 Å². The molecule has 3 heterocycles. The van der Waals surface area contributed by atoms with Gasteiger partial charge in [0.25, 0.3) is 0 Å². The highest BCUT2D eigenvalue weighted by molar-refractivity contribution is 5.82. The van der Waals surface area contributed by atoms with E-state index in [1.165, 1.54) is 10.8 Å². The number of aromatic nitrogens is 5. The number of aliphatic hydroxyl groups is 2. The van der Waals surface area contributed by atoms with Crippen LogP contribution in [0.3, 0.4) is 0 Å². The molecule has 0 spiro atoms. The van der Waals surface area contributed by atoms with E-state index in [1.54, 1.807) is 0 Å². The molecule has 1 fully saturated rings. The Balaban J connectivity index is 1.95. The van der Waals surface area contributed by atoms with E-state index in [2.05, 4.69) is 39.4 Å². The first-order valence-corrected chi connectivity index (χ1v) is 10.2. The number of nitrogens with zero attached hydrogens (tertiary/aromatic N) is 5. The third-order valence-electron chi connectivity index (χ3n) is 4.89. The van der Waals surface area contributed by atoms with Gasteiger partial charge in [-0.3, -0.25) is 0 Å². The van der Waals surface area contributed by atoms with E-state index in [0.717, 1.165) is 38.3 Å². The van der Waals surface area contributed by atoms with Gasteiger partial charge in [-0.1, -0.05) is 31.9 Å². The number of rotatable bonds is 10. The fourth-order valence-electron chi connectivity index (χ4n) is 3.22. The zero-order valence-electron chi connectivity index (χ0n) is 17.1. The Hall–Kier alpha value is -2.63. The fraction of sp³-hybridized carbons (Fsp3) is 0.632. The first kappa shape index (κ1) is 22.1. The van der Waals surface area contributed by atoms with Crippen molar-refractivity contribution in [3.8, 4) is 0 Å². The minimum absolute atomic E-state index is 0.384. The lowest BCUT2D eigenvalue weighted by molar-refractivity contribution is -0.131. The molecule has 30 heavy (non-hydrogen) atoms. The van der Waals surface area contributed by atoms with Crippen molar-refractivity contribution in [2.45, 2.75) is 70.5 Å². The number of unbranched alkanes of at least 4 members (excludes halogenated alkanes) is 2. The fourth-order valence-corrected chi connectivity index (χ4v) is 3.22. The van der Waals surface area contributed by atoms with Crippen molar-refractivity contribution in [1.82, 2.24) is 25.0 Å². The smallest absolute Gasteiger partial charge is 0.328 e. The summed E-state index contributed by atoms with van der Waals surface area (Å²) in [6, 6.07) is 0. The number of anilines is 1. The molecule has 11 nitrogen and oxygen atoms in total. The number of carbonyl (C=O) groups is 1. The number of ether oxygens (including phenoxy) is 1. The van der Waals surface area contributed by atoms with Crippen molar-refractivity contribution < 1.29 is 24.9 Å². The Bertz CT molecular complexity index is 901. The number of hydrogen-bond acceptors (Lipinski definition) is 9. The SMILES string of the molecule is CCCCNc1nc(CCCC)nc2c1nnn2[C@@H]1O[C@H](/C=C/C(=O)O)[C@@H](O)[C@H]1O. The lowest BCUT2D eigenvalue weighted by Gasteiger charge is -2.15. The van der Waals surface area contributed by atoms with E-state index in [9.17, 15) is 15.0 Å². The van der Waals surface area contributed by atoms with Crippen LogP contribution in [0.15, 0.2) is 12.2 Å². The van der Waals surface area contributed by atoms with Crippen molar-refractivity contribution in [1.29, 1.82) is 0 Å². The third kappa shape index (κ3) is 4.74. The second-order valence-corrected chi connectivity index (χ2v) is 7.25. The van der Waals surface area contributed by atoms with E-state index >= 15 is 0 Å². The molecule has 1 aliphatic heterocycles. The number of nitrogens with one attached hydrogen (secondary N) is 1. The van der Waals surface area contributed by atoms with Gasteiger partial charge in [-0.2, -0.15) is 4.68 Å². The zero-order valence-corrected chi connectivity index (χ0v) is 17.1. The molecule has 0 amide bonds. The second-order valence-electron chi connectivity index (χ2n) is 7.25. The topological polar surface area (TPSA) is 156 Å². The summed E-state index contributed by atoms with van der Waals surface area (Å²) >= 11 is 0. The molecule has 1 saturated heterocycles. The Kier molecular flexibility index (Phi) is 7.29. The Morgan fingerprint density at radius 1 is 1.20 bits per heavy atom. The van der Waals surface area contributed by atoms with Crippen LogP contribution < -0.4 is 5.32 Å². The van der Waals surface area contributed by atoms with Crippen LogP contribution in [0.4, 0.5) is 5.82 Å². The molecular weight excluding hydrogens is 392 g/mol. The standard InChI is InChI=1S/C19H28N6O5/c1-3-5-7-12-21-17(20-10-6-4-2)14-18(22-12)25(24-23-14)19-16(29)15(28)11(30-19)8-9-13(26)27/h8-9,11,15-16,19,28-29H,3-7,10H2,1-2H3,(H,26,27)(H,20,21,22)/b9-8+/t11-,15-,16-,19-/m1/s1. The number of aliphatic hydroxyl groups excluding tert-OH is 2. The highest BCUT2D eigenvalue weighted by Crippen LogP contribution is 2.32. The average Bonchev–Trinajstić information content (AvgIpc) is 3.26. The van der Waals surface area contributed by atoms with Gasteiger partial charge in [0.1, 0.15) is 24.1 Å². The van der Waals surface area contributed by atoms with Gasteiger partial charge in [0, 0.05) is 19.0 Å². The molecule has 4 N–H and O–H groups in total. The van der Waals surface area contributed by atoms with Gasteiger partial charge < -0.3 is 25.4 Å². The van der Waals surface area contributed by atoms with Crippen molar-refractivity contribution in [2.24, 2.45) is 0 Å². The number of fused-ring (bicyclic) bond motifs is 1. The van der Waals surface area contributed by atoms with Crippen LogP contribution in [0, 0.1) is 0 Å². The Morgan fingerprint density at radius 2 is 1.97 bits per heavy atom. The summed E-state index contributed by atoms with van der Waals surface area (Å²) in [6.07, 6.45) is 1.95. The lowest BCUT2D eigenvalue weighted by atomic mass is 10.1. The van der Waals surface area contributed by atoms with Crippen molar-refractivity contribution in [2.75, 3.05) is 11.9 Å². The molecule has 164 valence electrons. The van der Waals surface area contributed by atoms with Gasteiger partial charge in [0.2, 0.25) is 0 Å². The van der Waals surface area contributed by atoms with Gasteiger partial charge in [0.15, 0.2) is 23.2 Å². The summed E-state index contributed by atoms with van der Waals surface area (Å²) in [5.74, 6) is 0.0227. The van der Waals surface area contributed by atoms with E-state index in [4.69, 9.17) is 9.84 Å². The molecule has 2 aromatic heterocycles. The summed E-state index contributed by atoms with van der Waals surface area (Å²) < 4.78 is 7.00. The summed E-state index contributed by atoms with van der Waals surface area (Å²) in [5.41, 5.74) is 0.829. The number of carboxylic acids is 1. The van der Waals surface area contributed by atoms with Crippen LogP contribution in [-0.2, 0) is 16.0 Å². The highest BCUT2D eigenvalue weighted by atomic mass is 16.6. The molecule has 0 unspecified atom stereocenters. The summed E-state index contributed by atoms with van der Waals surface area (Å²) in [5, 5.41) is 41.1. The monoisotopic (exact) mass is 420 g/mol. The van der Waals surface area contributed by atoms with Gasteiger partial charge in [0.05, 0.1) is 0 Å². The van der Waals surface area contributed by atoms with Crippen molar-refractivity contribution in [3.05, 3.63) is 18.0 Å². The number of aryl methyl sites for hydroxylation is 1. The zero-order chi connectivity index (χ0) is 21.7. The predicted molar refractivity (Wildman–Crippen MR) is 108 cm³/mol.